The van der Waals surface area contributed by atoms with Gasteiger partial charge in [-0.1, -0.05) is 0 Å². The van der Waals surface area contributed by atoms with Gasteiger partial charge in [0, 0.05) is 38.1 Å². The summed E-state index contributed by atoms with van der Waals surface area (Å²) in [7, 11) is 1.54. The minimum Gasteiger partial charge on any atom is -0.478 e. The fraction of sp³-hybridized carbons (Fsp3) is 0.444. The van der Waals surface area contributed by atoms with Gasteiger partial charge in [-0.15, -0.1) is 0 Å². The number of ether oxygens (including phenoxy) is 2. The standard InChI is InChI=1S/C18H22N6O3/c1-3-24-7-4-13(22-24)17(25)20-15-11-23-10-14(12-5-8-27-9-6-12)19-16(23)18(21-15)26-2/h4,7,10-12H,3,5-6,8-9H2,1-2H3,(H,20,25). The maximum atomic E-state index is 12.4. The van der Waals surface area contributed by atoms with Gasteiger partial charge < -0.3 is 14.8 Å². The molecule has 1 aliphatic rings. The highest BCUT2D eigenvalue weighted by atomic mass is 16.5. The van der Waals surface area contributed by atoms with Crippen molar-refractivity contribution in [3.63, 3.8) is 0 Å². The van der Waals surface area contributed by atoms with Crippen molar-refractivity contribution in [2.75, 3.05) is 25.6 Å². The first-order valence-corrected chi connectivity index (χ1v) is 9.04. The van der Waals surface area contributed by atoms with Crippen LogP contribution in [0.15, 0.2) is 24.7 Å². The van der Waals surface area contributed by atoms with E-state index in [1.54, 1.807) is 30.3 Å². The minimum atomic E-state index is -0.319. The molecule has 0 unspecified atom stereocenters. The number of hydrogen-bond donors (Lipinski definition) is 1. The summed E-state index contributed by atoms with van der Waals surface area (Å²) in [6.07, 6.45) is 7.37. The summed E-state index contributed by atoms with van der Waals surface area (Å²) in [4.78, 5) is 21.5. The van der Waals surface area contributed by atoms with E-state index < -0.39 is 0 Å². The number of carbonyl (C=O) groups excluding carboxylic acids is 1. The second-order valence-corrected chi connectivity index (χ2v) is 6.43. The van der Waals surface area contributed by atoms with Gasteiger partial charge in [-0.25, -0.2) is 4.98 Å². The third-order valence-corrected chi connectivity index (χ3v) is 4.70. The van der Waals surface area contributed by atoms with E-state index in [1.165, 1.54) is 0 Å². The molecule has 0 atom stereocenters. The molecule has 4 rings (SSSR count). The molecule has 0 aliphatic carbocycles. The van der Waals surface area contributed by atoms with Crippen molar-refractivity contribution >= 4 is 17.4 Å². The van der Waals surface area contributed by atoms with Crippen LogP contribution in [-0.4, -0.2) is 50.4 Å². The van der Waals surface area contributed by atoms with E-state index >= 15 is 0 Å². The molecule has 27 heavy (non-hydrogen) atoms. The molecule has 142 valence electrons. The van der Waals surface area contributed by atoms with E-state index in [-0.39, 0.29) is 5.91 Å². The average molecular weight is 370 g/mol. The van der Waals surface area contributed by atoms with Crippen LogP contribution < -0.4 is 10.1 Å². The number of imidazole rings is 1. The van der Waals surface area contributed by atoms with Gasteiger partial charge in [0.05, 0.1) is 19.0 Å². The van der Waals surface area contributed by atoms with Crippen molar-refractivity contribution < 1.29 is 14.3 Å². The molecule has 1 N–H and O–H groups in total. The van der Waals surface area contributed by atoms with Gasteiger partial charge in [0.1, 0.15) is 0 Å². The molecule has 4 heterocycles. The summed E-state index contributed by atoms with van der Waals surface area (Å²) in [5.74, 6) is 0.789. The van der Waals surface area contributed by atoms with Crippen molar-refractivity contribution in [1.29, 1.82) is 0 Å². The molecule has 3 aromatic rings. The van der Waals surface area contributed by atoms with Crippen LogP contribution in [0.25, 0.3) is 5.65 Å². The van der Waals surface area contributed by atoms with E-state index in [4.69, 9.17) is 14.5 Å². The zero-order valence-electron chi connectivity index (χ0n) is 15.4. The number of anilines is 1. The molecule has 1 amide bonds. The largest absolute Gasteiger partial charge is 0.478 e. The van der Waals surface area contributed by atoms with Crippen LogP contribution in [0.5, 0.6) is 5.88 Å². The highest BCUT2D eigenvalue weighted by Crippen LogP contribution is 2.28. The first-order chi connectivity index (χ1) is 13.2. The first kappa shape index (κ1) is 17.5. The number of hydrogen-bond acceptors (Lipinski definition) is 6. The van der Waals surface area contributed by atoms with Crippen molar-refractivity contribution in [3.8, 4) is 5.88 Å². The van der Waals surface area contributed by atoms with E-state index in [0.29, 0.717) is 35.5 Å². The van der Waals surface area contributed by atoms with Crippen LogP contribution in [0.4, 0.5) is 5.82 Å². The maximum absolute atomic E-state index is 12.4. The predicted octanol–water partition coefficient (Wildman–Crippen LogP) is 2.10. The average Bonchev–Trinajstić information content (AvgIpc) is 3.35. The van der Waals surface area contributed by atoms with Crippen molar-refractivity contribution in [2.45, 2.75) is 32.2 Å². The molecule has 3 aromatic heterocycles. The second kappa shape index (κ2) is 7.36. The third kappa shape index (κ3) is 3.50. The fourth-order valence-electron chi connectivity index (χ4n) is 3.22. The molecule has 9 heteroatoms. The monoisotopic (exact) mass is 370 g/mol. The van der Waals surface area contributed by atoms with Crippen molar-refractivity contribution in [3.05, 3.63) is 36.0 Å². The SMILES string of the molecule is CCn1ccc(C(=O)Nc2cn3cc(C4CCOCC4)nc3c(OC)n2)n1. The Hall–Kier alpha value is -2.94. The molecule has 9 nitrogen and oxygen atoms in total. The van der Waals surface area contributed by atoms with Crippen LogP contribution in [0.3, 0.4) is 0 Å². The Balaban J connectivity index is 1.62. The van der Waals surface area contributed by atoms with Crippen LogP contribution in [0.1, 0.15) is 41.9 Å². The summed E-state index contributed by atoms with van der Waals surface area (Å²) in [6.45, 7) is 4.17. The van der Waals surface area contributed by atoms with E-state index in [2.05, 4.69) is 15.4 Å². The molecular weight excluding hydrogens is 348 g/mol. The lowest BCUT2D eigenvalue weighted by atomic mass is 9.97. The molecule has 0 spiro atoms. The van der Waals surface area contributed by atoms with Gasteiger partial charge in [0.2, 0.25) is 5.65 Å². The number of rotatable bonds is 5. The lowest BCUT2D eigenvalue weighted by molar-refractivity contribution is 0.0846. The van der Waals surface area contributed by atoms with E-state index in [1.807, 2.05) is 17.5 Å². The van der Waals surface area contributed by atoms with E-state index in [0.717, 1.165) is 31.7 Å². The maximum Gasteiger partial charge on any atom is 0.277 e. The van der Waals surface area contributed by atoms with Crippen molar-refractivity contribution in [1.82, 2.24) is 24.1 Å². The smallest absolute Gasteiger partial charge is 0.277 e. The van der Waals surface area contributed by atoms with Crippen molar-refractivity contribution in [2.24, 2.45) is 0 Å². The molecular formula is C18H22N6O3. The lowest BCUT2D eigenvalue weighted by Crippen LogP contribution is -2.15. The summed E-state index contributed by atoms with van der Waals surface area (Å²) in [6, 6.07) is 1.68. The van der Waals surface area contributed by atoms with Gasteiger partial charge in [0.25, 0.3) is 11.8 Å². The van der Waals surface area contributed by atoms with Crippen LogP contribution >= 0.6 is 0 Å². The number of aryl methyl sites for hydroxylation is 1. The minimum absolute atomic E-state index is 0.319. The Morgan fingerprint density at radius 1 is 1.33 bits per heavy atom. The lowest BCUT2D eigenvalue weighted by Gasteiger charge is -2.19. The number of methoxy groups -OCH3 is 1. The zero-order chi connectivity index (χ0) is 18.8. The fourth-order valence-corrected chi connectivity index (χ4v) is 3.22. The molecule has 0 saturated carbocycles. The Bertz CT molecular complexity index is 957. The molecule has 1 saturated heterocycles. The first-order valence-electron chi connectivity index (χ1n) is 9.04. The Morgan fingerprint density at radius 3 is 2.85 bits per heavy atom. The summed E-state index contributed by atoms with van der Waals surface area (Å²) in [5, 5.41) is 6.99. The normalized spacial score (nSPS) is 15.2. The Kier molecular flexibility index (Phi) is 4.76. The number of nitrogens with zero attached hydrogens (tertiary/aromatic N) is 5. The quantitative estimate of drug-likeness (QED) is 0.739. The van der Waals surface area contributed by atoms with Crippen LogP contribution in [0.2, 0.25) is 0 Å². The summed E-state index contributed by atoms with van der Waals surface area (Å²) >= 11 is 0. The number of aromatic nitrogens is 5. The highest BCUT2D eigenvalue weighted by molar-refractivity contribution is 6.02. The summed E-state index contributed by atoms with van der Waals surface area (Å²) < 4.78 is 14.4. The van der Waals surface area contributed by atoms with Gasteiger partial charge in [0.15, 0.2) is 11.5 Å². The summed E-state index contributed by atoms with van der Waals surface area (Å²) in [5.41, 5.74) is 1.96. The van der Waals surface area contributed by atoms with Gasteiger partial charge >= 0.3 is 0 Å². The van der Waals surface area contributed by atoms with Crippen LogP contribution in [-0.2, 0) is 11.3 Å². The van der Waals surface area contributed by atoms with Gasteiger partial charge in [-0.2, -0.15) is 10.1 Å². The number of nitrogens with one attached hydrogen (secondary N) is 1. The molecule has 0 bridgehead atoms. The van der Waals surface area contributed by atoms with Gasteiger partial charge in [-0.05, 0) is 25.8 Å². The number of carbonyl (C=O) groups is 1. The molecule has 0 aromatic carbocycles. The van der Waals surface area contributed by atoms with Crippen LogP contribution in [0, 0.1) is 0 Å². The molecule has 1 fully saturated rings. The topological polar surface area (TPSA) is 95.6 Å². The molecule has 1 aliphatic heterocycles. The van der Waals surface area contributed by atoms with Gasteiger partial charge in [-0.3, -0.25) is 13.9 Å². The third-order valence-electron chi connectivity index (χ3n) is 4.70. The predicted molar refractivity (Wildman–Crippen MR) is 98.2 cm³/mol. The van der Waals surface area contributed by atoms with E-state index in [9.17, 15) is 4.79 Å². The number of amides is 1. The Labute approximate surface area is 156 Å². The Morgan fingerprint density at radius 2 is 2.15 bits per heavy atom. The zero-order valence-corrected chi connectivity index (χ0v) is 15.4. The second-order valence-electron chi connectivity index (χ2n) is 6.43. The highest BCUT2D eigenvalue weighted by Gasteiger charge is 2.21. The number of fused-ring (bicyclic) bond motifs is 1. The molecule has 0 radical (unpaired) electrons.